The Bertz CT molecular complexity index is 435. The molecule has 132 valence electrons. The van der Waals surface area contributed by atoms with Crippen molar-refractivity contribution in [2.75, 3.05) is 6.61 Å². The van der Waals surface area contributed by atoms with E-state index in [0.29, 0.717) is 18.3 Å². The van der Waals surface area contributed by atoms with Crippen molar-refractivity contribution in [3.8, 4) is 0 Å². The Kier molecular flexibility index (Phi) is 9.07. The van der Waals surface area contributed by atoms with Gasteiger partial charge in [-0.05, 0) is 18.3 Å². The molecule has 0 saturated carbocycles. The molecular weight excluding hydrogens is 318 g/mol. The molecular formula is C14H26F2O5S. The second-order valence-corrected chi connectivity index (χ2v) is 7.36. The van der Waals surface area contributed by atoms with Crippen molar-refractivity contribution in [3.05, 3.63) is 0 Å². The van der Waals surface area contributed by atoms with Crippen LogP contribution in [0.2, 0.25) is 0 Å². The summed E-state index contributed by atoms with van der Waals surface area (Å²) in [6, 6.07) is 0. The van der Waals surface area contributed by atoms with Crippen molar-refractivity contribution < 1.29 is 31.3 Å². The lowest BCUT2D eigenvalue weighted by Gasteiger charge is -2.20. The molecule has 0 aliphatic rings. The fourth-order valence-corrected chi connectivity index (χ4v) is 2.29. The van der Waals surface area contributed by atoms with Gasteiger partial charge in [-0.2, -0.15) is 17.2 Å². The van der Waals surface area contributed by atoms with E-state index in [2.05, 4.69) is 11.7 Å². The molecule has 1 unspecified atom stereocenters. The zero-order valence-electron chi connectivity index (χ0n) is 13.3. The molecule has 0 heterocycles. The van der Waals surface area contributed by atoms with Gasteiger partial charge in [-0.1, -0.05) is 46.5 Å². The molecule has 22 heavy (non-hydrogen) atoms. The molecule has 0 radical (unpaired) electrons. The summed E-state index contributed by atoms with van der Waals surface area (Å²) in [5.41, 5.74) is 0. The van der Waals surface area contributed by atoms with E-state index < -0.39 is 27.9 Å². The molecule has 0 aliphatic carbocycles. The highest BCUT2D eigenvalue weighted by atomic mass is 32.2. The number of rotatable bonds is 11. The molecule has 8 heteroatoms. The minimum atomic E-state index is -5.57. The van der Waals surface area contributed by atoms with E-state index in [1.54, 1.807) is 0 Å². The molecule has 0 saturated heterocycles. The van der Waals surface area contributed by atoms with Gasteiger partial charge in [-0.25, -0.2) is 0 Å². The normalized spacial score (nSPS) is 14.1. The van der Waals surface area contributed by atoms with Crippen molar-refractivity contribution in [2.24, 2.45) is 11.8 Å². The van der Waals surface area contributed by atoms with Crippen LogP contribution < -0.4 is 0 Å². The van der Waals surface area contributed by atoms with E-state index in [-0.39, 0.29) is 6.42 Å². The van der Waals surface area contributed by atoms with Crippen LogP contribution in [0.1, 0.15) is 59.3 Å². The molecule has 0 amide bonds. The van der Waals surface area contributed by atoms with Crippen molar-refractivity contribution >= 4 is 16.1 Å². The van der Waals surface area contributed by atoms with Crippen LogP contribution in [-0.4, -0.2) is 30.8 Å². The maximum atomic E-state index is 12.9. The Balaban J connectivity index is 4.25. The van der Waals surface area contributed by atoms with E-state index in [9.17, 15) is 22.0 Å². The van der Waals surface area contributed by atoms with Gasteiger partial charge in [0.25, 0.3) is 0 Å². The number of carbonyl (C=O) groups is 1. The molecule has 1 N–H and O–H groups in total. The van der Waals surface area contributed by atoms with Crippen LogP contribution in [0.3, 0.4) is 0 Å². The van der Waals surface area contributed by atoms with E-state index >= 15 is 0 Å². The number of carbonyl (C=O) groups excluding carboxylic acids is 1. The first-order valence-electron chi connectivity index (χ1n) is 7.51. The first kappa shape index (κ1) is 21.2. The molecule has 5 nitrogen and oxygen atoms in total. The first-order chi connectivity index (χ1) is 10.0. The van der Waals surface area contributed by atoms with Gasteiger partial charge in [-0.15, -0.1) is 0 Å². The maximum absolute atomic E-state index is 12.9. The Labute approximate surface area is 131 Å². The SMILES string of the molecule is CCCCCC(CCC(=O)OCC(F)(F)S(=O)(=O)O)C(C)C. The van der Waals surface area contributed by atoms with E-state index in [1.165, 1.54) is 0 Å². The standard InChI is InChI=1S/C14H26F2O5S/c1-4-5-6-7-12(11(2)3)8-9-13(17)21-10-14(15,16)22(18,19)20/h11-12H,4-10H2,1-3H3,(H,18,19,20). The molecule has 0 aliphatic heterocycles. The van der Waals surface area contributed by atoms with Gasteiger partial charge in [0.15, 0.2) is 6.61 Å². The fraction of sp³-hybridized carbons (Fsp3) is 0.929. The lowest BCUT2D eigenvalue weighted by Crippen LogP contribution is -2.34. The predicted octanol–water partition coefficient (Wildman–Crippen LogP) is 3.64. The summed E-state index contributed by atoms with van der Waals surface area (Å²) in [5.74, 6) is -0.227. The molecule has 0 spiro atoms. The van der Waals surface area contributed by atoms with Crippen molar-refractivity contribution in [2.45, 2.75) is 64.6 Å². The van der Waals surface area contributed by atoms with Gasteiger partial charge in [0, 0.05) is 6.42 Å². The topological polar surface area (TPSA) is 80.7 Å². The Morgan fingerprint density at radius 3 is 2.27 bits per heavy atom. The molecule has 0 bridgehead atoms. The summed E-state index contributed by atoms with van der Waals surface area (Å²) in [4.78, 5) is 11.4. The minimum Gasteiger partial charge on any atom is -0.458 e. The van der Waals surface area contributed by atoms with Crippen LogP contribution in [0.4, 0.5) is 8.78 Å². The number of halogens is 2. The van der Waals surface area contributed by atoms with Gasteiger partial charge in [0.05, 0.1) is 0 Å². The summed E-state index contributed by atoms with van der Waals surface area (Å²) in [7, 11) is -5.57. The highest BCUT2D eigenvalue weighted by Crippen LogP contribution is 2.25. The summed E-state index contributed by atoms with van der Waals surface area (Å²) in [6.45, 7) is 4.51. The molecule has 0 fully saturated rings. The average Bonchev–Trinajstić information content (AvgIpc) is 2.38. The van der Waals surface area contributed by atoms with Crippen LogP contribution in [0, 0.1) is 11.8 Å². The highest BCUT2D eigenvalue weighted by molar-refractivity contribution is 7.86. The molecule has 0 aromatic rings. The predicted molar refractivity (Wildman–Crippen MR) is 79.2 cm³/mol. The maximum Gasteiger partial charge on any atom is 0.402 e. The lowest BCUT2D eigenvalue weighted by atomic mass is 9.86. The minimum absolute atomic E-state index is 0.0451. The Morgan fingerprint density at radius 2 is 1.82 bits per heavy atom. The second-order valence-electron chi connectivity index (χ2n) is 5.81. The average molecular weight is 344 g/mol. The largest absolute Gasteiger partial charge is 0.458 e. The van der Waals surface area contributed by atoms with Crippen LogP contribution in [0.15, 0.2) is 0 Å². The first-order valence-corrected chi connectivity index (χ1v) is 8.95. The Hall–Kier alpha value is -0.760. The van der Waals surface area contributed by atoms with Crippen molar-refractivity contribution in [3.63, 3.8) is 0 Å². The summed E-state index contributed by atoms with van der Waals surface area (Å²) in [5, 5.41) is -4.47. The van der Waals surface area contributed by atoms with Crippen molar-refractivity contribution in [1.82, 2.24) is 0 Å². The van der Waals surface area contributed by atoms with E-state index in [1.807, 2.05) is 13.8 Å². The quantitative estimate of drug-likeness (QED) is 0.351. The molecule has 0 aromatic heterocycles. The molecule has 0 aromatic carbocycles. The van der Waals surface area contributed by atoms with Crippen LogP contribution in [0.25, 0.3) is 0 Å². The third kappa shape index (κ3) is 8.03. The second kappa shape index (κ2) is 9.39. The lowest BCUT2D eigenvalue weighted by molar-refractivity contribution is -0.150. The van der Waals surface area contributed by atoms with Crippen molar-refractivity contribution in [1.29, 1.82) is 0 Å². The number of hydrogen-bond donors (Lipinski definition) is 1. The summed E-state index contributed by atoms with van der Waals surface area (Å²) in [6.07, 6.45) is 4.68. The molecule has 0 rings (SSSR count). The summed E-state index contributed by atoms with van der Waals surface area (Å²) < 4.78 is 59.1. The Morgan fingerprint density at radius 1 is 1.23 bits per heavy atom. The number of esters is 1. The molecule has 1 atom stereocenters. The fourth-order valence-electron chi connectivity index (χ4n) is 2.08. The third-order valence-electron chi connectivity index (χ3n) is 3.62. The number of unbranched alkanes of at least 4 members (excludes halogenated alkanes) is 2. The third-order valence-corrected chi connectivity index (χ3v) is 4.49. The summed E-state index contributed by atoms with van der Waals surface area (Å²) >= 11 is 0. The van der Waals surface area contributed by atoms with E-state index in [4.69, 9.17) is 4.55 Å². The number of ether oxygens (including phenoxy) is 1. The monoisotopic (exact) mass is 344 g/mol. The smallest absolute Gasteiger partial charge is 0.402 e. The van der Waals surface area contributed by atoms with Gasteiger partial charge < -0.3 is 4.74 Å². The van der Waals surface area contributed by atoms with Gasteiger partial charge in [0.1, 0.15) is 0 Å². The number of hydrogen-bond acceptors (Lipinski definition) is 4. The zero-order valence-corrected chi connectivity index (χ0v) is 14.2. The number of alkyl halides is 2. The van der Waals surface area contributed by atoms with Crippen LogP contribution >= 0.6 is 0 Å². The van der Waals surface area contributed by atoms with Gasteiger partial charge >= 0.3 is 21.3 Å². The van der Waals surface area contributed by atoms with Crippen LogP contribution in [-0.2, 0) is 19.6 Å². The van der Waals surface area contributed by atoms with E-state index in [0.717, 1.165) is 25.7 Å². The zero-order chi connectivity index (χ0) is 17.4. The highest BCUT2D eigenvalue weighted by Gasteiger charge is 2.45. The van der Waals surface area contributed by atoms with Gasteiger partial charge in [0.2, 0.25) is 0 Å². The van der Waals surface area contributed by atoms with Gasteiger partial charge in [-0.3, -0.25) is 9.35 Å². The van der Waals surface area contributed by atoms with Crippen LogP contribution in [0.5, 0.6) is 0 Å².